The summed E-state index contributed by atoms with van der Waals surface area (Å²) in [6.45, 7) is 1.56. The van der Waals surface area contributed by atoms with Crippen molar-refractivity contribution in [2.24, 2.45) is 0 Å². The van der Waals surface area contributed by atoms with Crippen molar-refractivity contribution in [3.8, 4) is 5.88 Å². The number of aromatic amines is 1. The maximum Gasteiger partial charge on any atom is 0.266 e. The summed E-state index contributed by atoms with van der Waals surface area (Å²) in [6, 6.07) is 3.33. The molecular weight excluding hydrogens is 394 g/mol. The molecule has 3 aromatic rings. The maximum absolute atomic E-state index is 12.8. The van der Waals surface area contributed by atoms with Gasteiger partial charge >= 0.3 is 0 Å². The fraction of sp³-hybridized carbons (Fsp3) is 0.294. The number of nitrogens with one attached hydrogen (secondary N) is 2. The Morgan fingerprint density at radius 3 is 2.75 bits per heavy atom. The van der Waals surface area contributed by atoms with Crippen LogP contribution in [0.5, 0.6) is 5.88 Å². The molecule has 0 saturated carbocycles. The van der Waals surface area contributed by atoms with E-state index in [1.807, 2.05) is 0 Å². The Bertz CT molecular complexity index is 1120. The van der Waals surface area contributed by atoms with Crippen LogP contribution in [-0.2, 0) is 23.1 Å². The number of halogens is 2. The number of sulfonamides is 1. The first-order valence-corrected chi connectivity index (χ1v) is 9.66. The molecule has 2 aromatic heterocycles. The van der Waals surface area contributed by atoms with Crippen molar-refractivity contribution >= 4 is 26.9 Å². The lowest BCUT2D eigenvalue weighted by molar-refractivity contribution is 0.147. The standard InChI is InChI=1S/C17H18F2N4O4S/c1-9-3-4-11-13(7-20-15(11)12(9)8-24)28(25,26)23-17-21-6-10(5-14(18)19)16(22-17)27-2/h3-4,6-7,14,20,24H,5,8H2,1-2H3,(H,21,22,23). The highest BCUT2D eigenvalue weighted by Gasteiger charge is 2.23. The molecule has 150 valence electrons. The molecule has 0 aliphatic carbocycles. The van der Waals surface area contributed by atoms with Gasteiger partial charge < -0.3 is 14.8 Å². The van der Waals surface area contributed by atoms with Crippen LogP contribution >= 0.6 is 0 Å². The average Bonchev–Trinajstić information content (AvgIpc) is 3.07. The molecule has 0 fully saturated rings. The van der Waals surface area contributed by atoms with Crippen molar-refractivity contribution in [2.75, 3.05) is 11.8 Å². The molecule has 0 aliphatic rings. The SMILES string of the molecule is COc1nc(NS(=O)(=O)c2c[nH]c3c(CO)c(C)ccc23)ncc1CC(F)F. The third-order valence-corrected chi connectivity index (χ3v) is 5.59. The van der Waals surface area contributed by atoms with Crippen LogP contribution in [0.4, 0.5) is 14.7 Å². The molecule has 3 rings (SSSR count). The Kier molecular flexibility index (Phi) is 5.47. The minimum atomic E-state index is -4.09. The summed E-state index contributed by atoms with van der Waals surface area (Å²) in [7, 11) is -2.84. The third kappa shape index (κ3) is 3.76. The van der Waals surface area contributed by atoms with Crippen LogP contribution < -0.4 is 9.46 Å². The number of H-pyrrole nitrogens is 1. The van der Waals surface area contributed by atoms with E-state index in [0.29, 0.717) is 16.5 Å². The van der Waals surface area contributed by atoms with Crippen LogP contribution in [0.1, 0.15) is 16.7 Å². The van der Waals surface area contributed by atoms with Crippen molar-refractivity contribution in [2.45, 2.75) is 31.3 Å². The second-order valence-corrected chi connectivity index (χ2v) is 7.67. The fourth-order valence-corrected chi connectivity index (χ4v) is 3.98. The summed E-state index contributed by atoms with van der Waals surface area (Å²) in [4.78, 5) is 10.5. The Hall–Kier alpha value is -2.79. The summed E-state index contributed by atoms with van der Waals surface area (Å²) < 4.78 is 57.9. The summed E-state index contributed by atoms with van der Waals surface area (Å²) in [5.41, 5.74) is 1.98. The van der Waals surface area contributed by atoms with Crippen LogP contribution in [0.15, 0.2) is 29.4 Å². The molecule has 28 heavy (non-hydrogen) atoms. The van der Waals surface area contributed by atoms with E-state index < -0.39 is 22.9 Å². The number of fused-ring (bicyclic) bond motifs is 1. The number of rotatable bonds is 7. The van der Waals surface area contributed by atoms with Gasteiger partial charge in [0.25, 0.3) is 10.0 Å². The topological polar surface area (TPSA) is 117 Å². The van der Waals surface area contributed by atoms with Crippen molar-refractivity contribution in [3.63, 3.8) is 0 Å². The van der Waals surface area contributed by atoms with Gasteiger partial charge in [-0.3, -0.25) is 0 Å². The smallest absolute Gasteiger partial charge is 0.266 e. The molecule has 0 bridgehead atoms. The first kappa shape index (κ1) is 20.0. The summed E-state index contributed by atoms with van der Waals surface area (Å²) in [5, 5.41) is 9.93. The van der Waals surface area contributed by atoms with Crippen molar-refractivity contribution < 1.29 is 27.0 Å². The fourth-order valence-electron chi connectivity index (χ4n) is 2.86. The van der Waals surface area contributed by atoms with E-state index in [1.54, 1.807) is 19.1 Å². The van der Waals surface area contributed by atoms with Crippen molar-refractivity contribution in [3.05, 3.63) is 41.2 Å². The van der Waals surface area contributed by atoms with Gasteiger partial charge in [0.2, 0.25) is 18.3 Å². The van der Waals surface area contributed by atoms with Crippen molar-refractivity contribution in [1.29, 1.82) is 0 Å². The summed E-state index contributed by atoms with van der Waals surface area (Å²) in [6.07, 6.45) is -0.829. The van der Waals surface area contributed by atoms with Crippen LogP contribution in [0.2, 0.25) is 0 Å². The molecule has 0 radical (unpaired) electrons. The number of hydrogen-bond donors (Lipinski definition) is 3. The second kappa shape index (κ2) is 7.68. The average molecular weight is 412 g/mol. The Morgan fingerprint density at radius 2 is 2.11 bits per heavy atom. The molecule has 8 nitrogen and oxygen atoms in total. The zero-order chi connectivity index (χ0) is 20.5. The van der Waals surface area contributed by atoms with Gasteiger partial charge in [-0.15, -0.1) is 0 Å². The van der Waals surface area contributed by atoms with Gasteiger partial charge in [0, 0.05) is 35.3 Å². The van der Waals surface area contributed by atoms with Gasteiger partial charge in [0.05, 0.1) is 19.2 Å². The quantitative estimate of drug-likeness (QED) is 0.549. The minimum Gasteiger partial charge on any atom is -0.481 e. The Labute approximate surface area is 159 Å². The Morgan fingerprint density at radius 1 is 1.36 bits per heavy atom. The number of methoxy groups -OCH3 is 1. The molecule has 0 spiro atoms. The highest BCUT2D eigenvalue weighted by atomic mass is 32.2. The first-order chi connectivity index (χ1) is 13.3. The number of aryl methyl sites for hydroxylation is 1. The lowest BCUT2D eigenvalue weighted by Crippen LogP contribution is -2.15. The maximum atomic E-state index is 12.8. The third-order valence-electron chi connectivity index (χ3n) is 4.23. The number of benzene rings is 1. The highest BCUT2D eigenvalue weighted by molar-refractivity contribution is 7.93. The van der Waals surface area contributed by atoms with Gasteiger partial charge in [0.15, 0.2) is 0 Å². The van der Waals surface area contributed by atoms with Crippen LogP contribution in [0.3, 0.4) is 0 Å². The second-order valence-electron chi connectivity index (χ2n) is 6.02. The molecule has 11 heteroatoms. The van der Waals surface area contributed by atoms with E-state index in [4.69, 9.17) is 4.74 Å². The summed E-state index contributed by atoms with van der Waals surface area (Å²) >= 11 is 0. The van der Waals surface area contributed by atoms with E-state index in [2.05, 4.69) is 19.7 Å². The molecule has 0 amide bonds. The Balaban J connectivity index is 1.98. The molecule has 1 aromatic carbocycles. The van der Waals surface area contributed by atoms with Gasteiger partial charge in [-0.1, -0.05) is 12.1 Å². The highest BCUT2D eigenvalue weighted by Crippen LogP contribution is 2.29. The molecule has 0 atom stereocenters. The van der Waals surface area contributed by atoms with E-state index >= 15 is 0 Å². The van der Waals surface area contributed by atoms with Gasteiger partial charge in [-0.05, 0) is 12.5 Å². The minimum absolute atomic E-state index is 0.0589. The monoisotopic (exact) mass is 412 g/mol. The summed E-state index contributed by atoms with van der Waals surface area (Å²) in [5.74, 6) is -0.441. The predicted molar refractivity (Wildman–Crippen MR) is 98.1 cm³/mol. The molecule has 0 aliphatic heterocycles. The zero-order valence-electron chi connectivity index (χ0n) is 15.0. The number of ether oxygens (including phenoxy) is 1. The number of hydrogen-bond acceptors (Lipinski definition) is 6. The van der Waals surface area contributed by atoms with Gasteiger partial charge in [-0.25, -0.2) is 26.9 Å². The first-order valence-electron chi connectivity index (χ1n) is 8.18. The predicted octanol–water partition coefficient (Wildman–Crippen LogP) is 2.38. The number of aliphatic hydroxyl groups excluding tert-OH is 1. The van der Waals surface area contributed by atoms with E-state index in [9.17, 15) is 22.3 Å². The van der Waals surface area contributed by atoms with Crippen LogP contribution in [0.25, 0.3) is 10.9 Å². The van der Waals surface area contributed by atoms with E-state index in [1.165, 1.54) is 13.3 Å². The largest absolute Gasteiger partial charge is 0.481 e. The molecule has 3 N–H and O–H groups in total. The van der Waals surface area contributed by atoms with E-state index in [-0.39, 0.29) is 28.9 Å². The number of anilines is 1. The lowest BCUT2D eigenvalue weighted by Gasteiger charge is -2.10. The number of nitrogens with zero attached hydrogens (tertiary/aromatic N) is 2. The molecule has 0 saturated heterocycles. The molecular formula is C17H18F2N4O4S. The van der Waals surface area contributed by atoms with Gasteiger partial charge in [-0.2, -0.15) is 4.98 Å². The molecule has 2 heterocycles. The number of aliphatic hydroxyl groups is 1. The number of aromatic nitrogens is 3. The number of alkyl halides is 2. The van der Waals surface area contributed by atoms with Crippen LogP contribution in [0, 0.1) is 6.92 Å². The van der Waals surface area contributed by atoms with Crippen LogP contribution in [-0.4, -0.2) is 42.0 Å². The lowest BCUT2D eigenvalue weighted by atomic mass is 10.1. The normalized spacial score (nSPS) is 11.9. The van der Waals surface area contributed by atoms with Crippen molar-refractivity contribution in [1.82, 2.24) is 15.0 Å². The van der Waals surface area contributed by atoms with Gasteiger partial charge in [0.1, 0.15) is 4.90 Å². The van der Waals surface area contributed by atoms with E-state index in [0.717, 1.165) is 11.8 Å². The molecule has 0 unspecified atom stereocenters. The zero-order valence-corrected chi connectivity index (χ0v) is 15.8.